The van der Waals surface area contributed by atoms with Crippen LogP contribution in [0.3, 0.4) is 0 Å². The summed E-state index contributed by atoms with van der Waals surface area (Å²) in [6, 6.07) is 5.40. The lowest BCUT2D eigenvalue weighted by molar-refractivity contribution is 0.483. The van der Waals surface area contributed by atoms with E-state index in [0.717, 1.165) is 24.9 Å². The molecule has 0 bridgehead atoms. The minimum absolute atomic E-state index is 0.599. The summed E-state index contributed by atoms with van der Waals surface area (Å²) >= 11 is 0. The van der Waals surface area contributed by atoms with Crippen LogP contribution in [0.5, 0.6) is 0 Å². The van der Waals surface area contributed by atoms with Gasteiger partial charge in [0.1, 0.15) is 0 Å². The van der Waals surface area contributed by atoms with Gasteiger partial charge in [0.15, 0.2) is 5.82 Å². The van der Waals surface area contributed by atoms with E-state index < -0.39 is 0 Å². The summed E-state index contributed by atoms with van der Waals surface area (Å²) in [6.45, 7) is 2.22. The van der Waals surface area contributed by atoms with Crippen molar-refractivity contribution in [2.24, 2.45) is 0 Å². The summed E-state index contributed by atoms with van der Waals surface area (Å²) in [5.41, 5.74) is 0. The lowest BCUT2D eigenvalue weighted by Gasteiger charge is -2.26. The van der Waals surface area contributed by atoms with Crippen molar-refractivity contribution in [1.82, 2.24) is 15.5 Å². The van der Waals surface area contributed by atoms with Gasteiger partial charge in [0.2, 0.25) is 0 Å². The van der Waals surface area contributed by atoms with Crippen LogP contribution >= 0.6 is 0 Å². The first-order chi connectivity index (χ1) is 8.93. The molecular weight excluding hydrogens is 224 g/mol. The topological polar surface area (TPSA) is 41.1 Å². The minimum atomic E-state index is 0.599. The van der Waals surface area contributed by atoms with Gasteiger partial charge in [0, 0.05) is 31.4 Å². The molecule has 1 aromatic rings. The van der Waals surface area contributed by atoms with E-state index in [2.05, 4.69) is 26.5 Å². The van der Waals surface area contributed by atoms with Crippen LogP contribution in [0.1, 0.15) is 38.5 Å². The molecule has 1 saturated carbocycles. The van der Waals surface area contributed by atoms with E-state index in [1.807, 2.05) is 6.07 Å². The van der Waals surface area contributed by atoms with E-state index in [-0.39, 0.29) is 0 Å². The highest BCUT2D eigenvalue weighted by atomic mass is 15.3. The third kappa shape index (κ3) is 2.64. The zero-order valence-corrected chi connectivity index (χ0v) is 10.9. The van der Waals surface area contributed by atoms with E-state index in [0.29, 0.717) is 6.04 Å². The Morgan fingerprint density at radius 1 is 1.22 bits per heavy atom. The van der Waals surface area contributed by atoms with Gasteiger partial charge in [-0.25, -0.2) is 0 Å². The normalized spacial score (nSPS) is 24.9. The van der Waals surface area contributed by atoms with Gasteiger partial charge < -0.3 is 10.2 Å². The molecule has 1 aromatic heterocycles. The Morgan fingerprint density at radius 2 is 2.11 bits per heavy atom. The third-order valence-corrected chi connectivity index (χ3v) is 4.23. The van der Waals surface area contributed by atoms with Gasteiger partial charge >= 0.3 is 0 Å². The summed E-state index contributed by atoms with van der Waals surface area (Å²) in [5, 5.41) is 12.0. The smallest absolute Gasteiger partial charge is 0.151 e. The van der Waals surface area contributed by atoms with Gasteiger partial charge in [-0.2, -0.15) is 5.10 Å². The van der Waals surface area contributed by atoms with Gasteiger partial charge in [-0.3, -0.25) is 0 Å². The Kier molecular flexibility index (Phi) is 3.74. The van der Waals surface area contributed by atoms with E-state index in [4.69, 9.17) is 0 Å². The molecular formula is C14H22N4. The largest absolute Gasteiger partial charge is 0.351 e. The fraction of sp³-hybridized carbons (Fsp3) is 0.714. The molecule has 0 spiro atoms. The van der Waals surface area contributed by atoms with Crippen LogP contribution in [0.15, 0.2) is 18.3 Å². The lowest BCUT2D eigenvalue weighted by Crippen LogP contribution is -2.41. The number of nitrogens with one attached hydrogen (secondary N) is 1. The second-order valence-electron chi connectivity index (χ2n) is 5.46. The molecule has 18 heavy (non-hydrogen) atoms. The highest BCUT2D eigenvalue weighted by Crippen LogP contribution is 2.23. The van der Waals surface area contributed by atoms with Crippen molar-refractivity contribution in [2.75, 3.05) is 18.0 Å². The molecule has 2 aliphatic rings. The summed E-state index contributed by atoms with van der Waals surface area (Å²) in [7, 11) is 0. The van der Waals surface area contributed by atoms with Crippen molar-refractivity contribution in [1.29, 1.82) is 0 Å². The van der Waals surface area contributed by atoms with E-state index in [1.165, 1.54) is 38.5 Å². The van der Waals surface area contributed by atoms with Gasteiger partial charge in [0.05, 0.1) is 0 Å². The standard InChI is InChI=1S/C14H22N4/c1-2-6-12(5-1)15-11-13-7-4-10-18(13)14-8-3-9-16-17-14/h3,8-9,12-13,15H,1-2,4-7,10-11H2. The zero-order chi connectivity index (χ0) is 12.2. The third-order valence-electron chi connectivity index (χ3n) is 4.23. The van der Waals surface area contributed by atoms with E-state index in [1.54, 1.807) is 6.20 Å². The molecule has 4 heteroatoms. The number of rotatable bonds is 4. The first-order valence-electron chi connectivity index (χ1n) is 7.21. The first-order valence-corrected chi connectivity index (χ1v) is 7.21. The molecule has 4 nitrogen and oxygen atoms in total. The maximum absolute atomic E-state index is 4.24. The number of anilines is 1. The summed E-state index contributed by atoms with van der Waals surface area (Å²) in [4.78, 5) is 2.41. The Balaban J connectivity index is 1.57. The van der Waals surface area contributed by atoms with E-state index >= 15 is 0 Å². The quantitative estimate of drug-likeness (QED) is 0.882. The average molecular weight is 246 g/mol. The predicted molar refractivity (Wildman–Crippen MR) is 72.7 cm³/mol. The molecule has 0 amide bonds. The molecule has 1 N–H and O–H groups in total. The molecule has 1 aliphatic carbocycles. The highest BCUT2D eigenvalue weighted by molar-refractivity contribution is 5.39. The fourth-order valence-electron chi connectivity index (χ4n) is 3.23. The van der Waals surface area contributed by atoms with Crippen molar-refractivity contribution < 1.29 is 0 Å². The number of hydrogen-bond donors (Lipinski definition) is 1. The molecule has 0 aromatic carbocycles. The minimum Gasteiger partial charge on any atom is -0.351 e. The summed E-state index contributed by atoms with van der Waals surface area (Å²) < 4.78 is 0. The van der Waals surface area contributed by atoms with Crippen LogP contribution in [0, 0.1) is 0 Å². The predicted octanol–water partition coefficient (Wildman–Crippen LogP) is 1.98. The maximum Gasteiger partial charge on any atom is 0.151 e. The van der Waals surface area contributed by atoms with Crippen molar-refractivity contribution >= 4 is 5.82 Å². The van der Waals surface area contributed by atoms with Gasteiger partial charge in [-0.1, -0.05) is 12.8 Å². The Bertz CT molecular complexity index is 361. The molecule has 1 unspecified atom stereocenters. The van der Waals surface area contributed by atoms with Crippen molar-refractivity contribution in [3.8, 4) is 0 Å². The maximum atomic E-state index is 4.24. The molecule has 0 radical (unpaired) electrons. The Labute approximate surface area is 109 Å². The van der Waals surface area contributed by atoms with Gasteiger partial charge in [-0.05, 0) is 37.8 Å². The van der Waals surface area contributed by atoms with Crippen LogP contribution in [0.4, 0.5) is 5.82 Å². The van der Waals surface area contributed by atoms with E-state index in [9.17, 15) is 0 Å². The van der Waals surface area contributed by atoms with Crippen molar-refractivity contribution in [3.63, 3.8) is 0 Å². The monoisotopic (exact) mass is 246 g/mol. The number of hydrogen-bond acceptors (Lipinski definition) is 4. The SMILES string of the molecule is c1cnnc(N2CCCC2CNC2CCCC2)c1. The highest BCUT2D eigenvalue weighted by Gasteiger charge is 2.26. The van der Waals surface area contributed by atoms with Gasteiger partial charge in [-0.15, -0.1) is 5.10 Å². The molecule has 3 rings (SSSR count). The first kappa shape index (κ1) is 11.9. The fourth-order valence-corrected chi connectivity index (χ4v) is 3.23. The molecule has 1 aliphatic heterocycles. The molecule has 2 fully saturated rings. The molecule has 2 heterocycles. The second-order valence-corrected chi connectivity index (χ2v) is 5.46. The molecule has 1 atom stereocenters. The summed E-state index contributed by atoms with van der Waals surface area (Å²) in [6.07, 6.45) is 9.80. The van der Waals surface area contributed by atoms with Crippen LogP contribution in [0.2, 0.25) is 0 Å². The van der Waals surface area contributed by atoms with Crippen molar-refractivity contribution in [3.05, 3.63) is 18.3 Å². The Morgan fingerprint density at radius 3 is 2.89 bits per heavy atom. The average Bonchev–Trinajstić information content (AvgIpc) is 3.09. The van der Waals surface area contributed by atoms with Gasteiger partial charge in [0.25, 0.3) is 0 Å². The number of aromatic nitrogens is 2. The van der Waals surface area contributed by atoms with Crippen molar-refractivity contribution in [2.45, 2.75) is 50.6 Å². The zero-order valence-electron chi connectivity index (χ0n) is 10.9. The van der Waals surface area contributed by atoms with Crippen LogP contribution in [0.25, 0.3) is 0 Å². The van der Waals surface area contributed by atoms with Crippen LogP contribution in [-0.4, -0.2) is 35.4 Å². The Hall–Kier alpha value is -1.16. The lowest BCUT2D eigenvalue weighted by atomic mass is 10.2. The number of nitrogens with zero attached hydrogens (tertiary/aromatic N) is 3. The molecule has 1 saturated heterocycles. The second kappa shape index (κ2) is 5.65. The van der Waals surface area contributed by atoms with Crippen LogP contribution < -0.4 is 10.2 Å². The summed E-state index contributed by atoms with van der Waals surface area (Å²) in [5.74, 6) is 1.04. The molecule has 98 valence electrons. The van der Waals surface area contributed by atoms with Crippen LogP contribution in [-0.2, 0) is 0 Å².